The molecule has 36 heavy (non-hydrogen) atoms. The Balaban J connectivity index is 0.000000127. The van der Waals surface area contributed by atoms with Crippen molar-refractivity contribution in [1.29, 1.82) is 0 Å². The van der Waals surface area contributed by atoms with Crippen LogP contribution < -0.4 is 0 Å². The summed E-state index contributed by atoms with van der Waals surface area (Å²) in [5.41, 5.74) is 0. The molecule has 6 heteroatoms. The number of likely N-dealkylation sites (tertiary alicyclic amines) is 6. The van der Waals surface area contributed by atoms with Gasteiger partial charge >= 0.3 is 0 Å². The van der Waals surface area contributed by atoms with Gasteiger partial charge in [0.25, 0.3) is 0 Å². The Bertz CT molecular complexity index is 668. The third kappa shape index (κ3) is 6.66. The second-order valence-corrected chi connectivity index (χ2v) is 14.1. The summed E-state index contributed by atoms with van der Waals surface area (Å²) in [5.74, 6) is 3.88. The highest BCUT2D eigenvalue weighted by Gasteiger charge is 2.41. The van der Waals surface area contributed by atoms with E-state index in [0.29, 0.717) is 0 Å². The smallest absolute Gasteiger partial charge is 0.0266 e. The molecule has 6 rings (SSSR count). The summed E-state index contributed by atoms with van der Waals surface area (Å²) in [6.45, 7) is 27.1. The molecule has 6 saturated heterocycles. The third-order valence-electron chi connectivity index (χ3n) is 10.4. The summed E-state index contributed by atoms with van der Waals surface area (Å²) in [6.07, 6.45) is 2.84. The Morgan fingerprint density at radius 1 is 0.472 bits per heavy atom. The summed E-state index contributed by atoms with van der Waals surface area (Å²) >= 11 is 0. The second kappa shape index (κ2) is 12.3. The lowest BCUT2D eigenvalue weighted by molar-refractivity contribution is 0.191. The van der Waals surface area contributed by atoms with E-state index in [2.05, 4.69) is 92.1 Å². The van der Waals surface area contributed by atoms with E-state index in [0.717, 1.165) is 53.9 Å². The van der Waals surface area contributed by atoms with Gasteiger partial charge in [0.1, 0.15) is 0 Å². The fourth-order valence-corrected chi connectivity index (χ4v) is 8.16. The van der Waals surface area contributed by atoms with Gasteiger partial charge in [-0.2, -0.15) is 0 Å². The molecular weight excluding hydrogens is 444 g/mol. The van der Waals surface area contributed by atoms with Crippen LogP contribution in [-0.4, -0.2) is 146 Å². The SMILES string of the molecule is CC(C)N1CC2CCN(C)C2C1.CC(C)N1CC2CN(C)CC2C1.CC(C)N1CCC2CN(C)CC21. The second-order valence-electron chi connectivity index (χ2n) is 14.1. The van der Waals surface area contributed by atoms with Crippen LogP contribution >= 0.6 is 0 Å². The van der Waals surface area contributed by atoms with Crippen molar-refractivity contribution in [2.45, 2.75) is 84.6 Å². The summed E-state index contributed by atoms with van der Waals surface area (Å²) in [5, 5.41) is 0. The molecule has 0 aromatic carbocycles. The zero-order valence-electron chi connectivity index (χ0n) is 25.4. The topological polar surface area (TPSA) is 19.4 Å². The summed E-state index contributed by atoms with van der Waals surface area (Å²) < 4.78 is 0. The lowest BCUT2D eigenvalue weighted by Gasteiger charge is -2.27. The highest BCUT2D eigenvalue weighted by Crippen LogP contribution is 2.33. The third-order valence-corrected chi connectivity index (χ3v) is 10.4. The van der Waals surface area contributed by atoms with E-state index in [9.17, 15) is 0 Å². The minimum Gasteiger partial charge on any atom is -0.306 e. The van der Waals surface area contributed by atoms with Gasteiger partial charge in [-0.3, -0.25) is 9.80 Å². The number of likely N-dealkylation sites (N-methyl/N-ethyl adjacent to an activating group) is 2. The van der Waals surface area contributed by atoms with Gasteiger partial charge in [-0.05, 0) is 112 Å². The van der Waals surface area contributed by atoms with Crippen LogP contribution in [0.3, 0.4) is 0 Å². The number of fused-ring (bicyclic) bond motifs is 3. The Morgan fingerprint density at radius 2 is 0.944 bits per heavy atom. The predicted molar refractivity (Wildman–Crippen MR) is 154 cm³/mol. The van der Waals surface area contributed by atoms with Crippen LogP contribution in [0.5, 0.6) is 0 Å². The van der Waals surface area contributed by atoms with E-state index in [-0.39, 0.29) is 0 Å². The Kier molecular flexibility index (Phi) is 9.82. The molecule has 0 amide bonds. The number of rotatable bonds is 3. The molecule has 0 bridgehead atoms. The molecule has 6 fully saturated rings. The van der Waals surface area contributed by atoms with Crippen molar-refractivity contribution in [2.24, 2.45) is 23.7 Å². The largest absolute Gasteiger partial charge is 0.306 e. The van der Waals surface area contributed by atoms with Crippen molar-refractivity contribution in [3.8, 4) is 0 Å². The Labute approximate surface area is 224 Å². The molecule has 0 N–H and O–H groups in total. The lowest BCUT2D eigenvalue weighted by Crippen LogP contribution is -2.39. The molecule has 0 radical (unpaired) electrons. The maximum atomic E-state index is 2.67. The van der Waals surface area contributed by atoms with Crippen LogP contribution in [0.4, 0.5) is 0 Å². The van der Waals surface area contributed by atoms with Gasteiger partial charge in [0.2, 0.25) is 0 Å². The number of hydrogen-bond donors (Lipinski definition) is 0. The molecule has 6 atom stereocenters. The van der Waals surface area contributed by atoms with E-state index < -0.39 is 0 Å². The molecule has 6 unspecified atom stereocenters. The number of nitrogens with zero attached hydrogens (tertiary/aromatic N) is 6. The molecule has 0 spiro atoms. The molecule has 6 aliphatic rings. The molecule has 6 aliphatic heterocycles. The quantitative estimate of drug-likeness (QED) is 0.584. The minimum atomic E-state index is 0.740. The molecule has 0 aromatic rings. The monoisotopic (exact) mass is 504 g/mol. The predicted octanol–water partition coefficient (Wildman–Crippen LogP) is 2.95. The first-order valence-electron chi connectivity index (χ1n) is 15.3. The van der Waals surface area contributed by atoms with Gasteiger partial charge in [0, 0.05) is 82.6 Å². The van der Waals surface area contributed by atoms with Crippen LogP contribution in [-0.2, 0) is 0 Å². The highest BCUT2D eigenvalue weighted by molar-refractivity contribution is 4.97. The van der Waals surface area contributed by atoms with Crippen LogP contribution in [0.25, 0.3) is 0 Å². The van der Waals surface area contributed by atoms with Crippen molar-refractivity contribution < 1.29 is 0 Å². The first-order valence-corrected chi connectivity index (χ1v) is 15.3. The van der Waals surface area contributed by atoms with Crippen LogP contribution in [0, 0.1) is 23.7 Å². The zero-order valence-corrected chi connectivity index (χ0v) is 25.4. The van der Waals surface area contributed by atoms with Crippen molar-refractivity contribution in [3.63, 3.8) is 0 Å². The standard InChI is InChI=1S/3C10H20N2/c1-8(2)12-6-9-4-11(3)5-10(9)7-12;1-8(2)12-5-4-9-6-11(3)7-10(9)12;1-8(2)12-6-9-4-5-11(3)10(9)7-12/h3*8-10H,4-7H2,1-3H3. The van der Waals surface area contributed by atoms with Crippen molar-refractivity contribution in [1.82, 2.24) is 29.4 Å². The van der Waals surface area contributed by atoms with Gasteiger partial charge in [-0.25, -0.2) is 0 Å². The lowest BCUT2D eigenvalue weighted by atomic mass is 10.0. The molecule has 210 valence electrons. The van der Waals surface area contributed by atoms with Gasteiger partial charge in [-0.1, -0.05) is 0 Å². The summed E-state index contributed by atoms with van der Waals surface area (Å²) in [7, 11) is 6.77. The molecule has 0 aliphatic carbocycles. The maximum Gasteiger partial charge on any atom is 0.0266 e. The van der Waals surface area contributed by atoms with Gasteiger partial charge in [0.15, 0.2) is 0 Å². The fraction of sp³-hybridized carbons (Fsp3) is 1.00. The van der Waals surface area contributed by atoms with Gasteiger partial charge in [-0.15, -0.1) is 0 Å². The van der Waals surface area contributed by atoms with Crippen molar-refractivity contribution in [2.75, 3.05) is 86.6 Å². The zero-order chi connectivity index (χ0) is 26.1. The first kappa shape index (κ1) is 28.8. The van der Waals surface area contributed by atoms with E-state index in [4.69, 9.17) is 0 Å². The average Bonchev–Trinajstić information content (AvgIpc) is 3.58. The summed E-state index contributed by atoms with van der Waals surface area (Å²) in [4.78, 5) is 15.4. The van der Waals surface area contributed by atoms with Gasteiger partial charge < -0.3 is 19.6 Å². The van der Waals surface area contributed by atoms with E-state index >= 15 is 0 Å². The molecular formula is C30H60N6. The van der Waals surface area contributed by atoms with Gasteiger partial charge in [0.05, 0.1) is 0 Å². The van der Waals surface area contributed by atoms with Crippen molar-refractivity contribution in [3.05, 3.63) is 0 Å². The normalized spacial score (nSPS) is 38.0. The van der Waals surface area contributed by atoms with Crippen molar-refractivity contribution >= 4 is 0 Å². The van der Waals surface area contributed by atoms with E-state index in [1.807, 2.05) is 0 Å². The Morgan fingerprint density at radius 3 is 1.50 bits per heavy atom. The Hall–Kier alpha value is -0.240. The van der Waals surface area contributed by atoms with Crippen LogP contribution in [0.1, 0.15) is 54.4 Å². The van der Waals surface area contributed by atoms with Crippen LogP contribution in [0.15, 0.2) is 0 Å². The molecule has 6 heterocycles. The summed E-state index contributed by atoms with van der Waals surface area (Å²) in [6, 6.07) is 3.97. The highest BCUT2D eigenvalue weighted by atomic mass is 15.3. The molecule has 6 nitrogen and oxygen atoms in total. The fourth-order valence-electron chi connectivity index (χ4n) is 8.16. The van der Waals surface area contributed by atoms with Crippen LogP contribution in [0.2, 0.25) is 0 Å². The average molecular weight is 505 g/mol. The maximum absolute atomic E-state index is 2.67. The van der Waals surface area contributed by atoms with E-state index in [1.165, 1.54) is 78.3 Å². The minimum absolute atomic E-state index is 0.740. The molecule has 0 saturated carbocycles. The van der Waals surface area contributed by atoms with E-state index in [1.54, 1.807) is 0 Å². The molecule has 0 aromatic heterocycles. The first-order chi connectivity index (χ1) is 17.0. The number of hydrogen-bond acceptors (Lipinski definition) is 6.